The van der Waals surface area contributed by atoms with Crippen molar-refractivity contribution >= 4 is 0 Å². The molecular formula is C14H16N2. The minimum atomic E-state index is 0.305. The normalized spacial score (nSPS) is 12.4. The fourth-order valence-corrected chi connectivity index (χ4v) is 1.70. The zero-order chi connectivity index (χ0) is 11.4. The summed E-state index contributed by atoms with van der Waals surface area (Å²) in [6.45, 7) is 4.27. The molecule has 0 aliphatic heterocycles. The highest BCUT2D eigenvalue weighted by Crippen LogP contribution is 2.21. The van der Waals surface area contributed by atoms with Gasteiger partial charge in [0.1, 0.15) is 0 Å². The molecule has 0 unspecified atom stereocenters. The molecule has 2 aromatic heterocycles. The second kappa shape index (κ2) is 4.88. The van der Waals surface area contributed by atoms with Gasteiger partial charge in [-0.05, 0) is 30.2 Å². The van der Waals surface area contributed by atoms with Crippen molar-refractivity contribution in [2.75, 3.05) is 0 Å². The number of aryl methyl sites for hydroxylation is 1. The summed E-state index contributed by atoms with van der Waals surface area (Å²) >= 11 is 0. The maximum absolute atomic E-state index is 4.42. The van der Waals surface area contributed by atoms with E-state index in [0.717, 1.165) is 17.8 Å². The zero-order valence-corrected chi connectivity index (χ0v) is 9.72. The van der Waals surface area contributed by atoms with Crippen molar-refractivity contribution in [3.63, 3.8) is 0 Å². The summed E-state index contributed by atoms with van der Waals surface area (Å²) < 4.78 is 0. The molecule has 0 amide bonds. The van der Waals surface area contributed by atoms with Crippen LogP contribution in [-0.2, 0) is 6.42 Å². The fourth-order valence-electron chi connectivity index (χ4n) is 1.70. The highest BCUT2D eigenvalue weighted by molar-refractivity contribution is 5.26. The van der Waals surface area contributed by atoms with Crippen LogP contribution in [0.3, 0.4) is 0 Å². The van der Waals surface area contributed by atoms with Crippen LogP contribution in [0.25, 0.3) is 0 Å². The zero-order valence-electron chi connectivity index (χ0n) is 9.72. The van der Waals surface area contributed by atoms with E-state index in [2.05, 4.69) is 42.0 Å². The van der Waals surface area contributed by atoms with Gasteiger partial charge in [-0.2, -0.15) is 0 Å². The first-order valence-electron chi connectivity index (χ1n) is 5.67. The lowest BCUT2D eigenvalue weighted by atomic mass is 9.98. The molecule has 0 spiro atoms. The standard InChI is InChI=1S/C14H16N2/c1-3-13-8-7-12(10-16-13)11(2)14-6-4-5-9-15-14/h4-11H,3H2,1-2H3/t11-/m1/s1. The van der Waals surface area contributed by atoms with Gasteiger partial charge in [-0.1, -0.05) is 26.0 Å². The summed E-state index contributed by atoms with van der Waals surface area (Å²) in [7, 11) is 0. The summed E-state index contributed by atoms with van der Waals surface area (Å²) in [5.74, 6) is 0.305. The number of hydrogen-bond donors (Lipinski definition) is 0. The summed E-state index contributed by atoms with van der Waals surface area (Å²) in [5, 5.41) is 0. The Balaban J connectivity index is 2.24. The van der Waals surface area contributed by atoms with Crippen LogP contribution in [0.15, 0.2) is 42.7 Å². The predicted molar refractivity (Wildman–Crippen MR) is 65.4 cm³/mol. The van der Waals surface area contributed by atoms with Crippen molar-refractivity contribution in [2.45, 2.75) is 26.2 Å². The van der Waals surface area contributed by atoms with Gasteiger partial charge < -0.3 is 0 Å². The summed E-state index contributed by atoms with van der Waals surface area (Å²) in [6, 6.07) is 10.2. The van der Waals surface area contributed by atoms with Gasteiger partial charge in [-0.25, -0.2) is 0 Å². The van der Waals surface area contributed by atoms with Crippen LogP contribution in [0, 0.1) is 0 Å². The number of aromatic nitrogens is 2. The fraction of sp³-hybridized carbons (Fsp3) is 0.286. The molecule has 0 saturated carbocycles. The first-order valence-corrected chi connectivity index (χ1v) is 5.67. The third-order valence-corrected chi connectivity index (χ3v) is 2.84. The van der Waals surface area contributed by atoms with Crippen LogP contribution >= 0.6 is 0 Å². The molecule has 2 heteroatoms. The molecule has 1 atom stereocenters. The molecular weight excluding hydrogens is 196 g/mol. The van der Waals surface area contributed by atoms with Gasteiger partial charge in [0.15, 0.2) is 0 Å². The van der Waals surface area contributed by atoms with Crippen molar-refractivity contribution in [2.24, 2.45) is 0 Å². The molecule has 16 heavy (non-hydrogen) atoms. The predicted octanol–water partition coefficient (Wildman–Crippen LogP) is 3.19. The van der Waals surface area contributed by atoms with Crippen LogP contribution in [0.2, 0.25) is 0 Å². The Hall–Kier alpha value is -1.70. The molecule has 2 rings (SSSR count). The van der Waals surface area contributed by atoms with Gasteiger partial charge in [-0.3, -0.25) is 9.97 Å². The molecule has 2 aromatic rings. The van der Waals surface area contributed by atoms with Crippen LogP contribution < -0.4 is 0 Å². The SMILES string of the molecule is CCc1ccc([C@@H](C)c2ccccn2)cn1. The number of hydrogen-bond acceptors (Lipinski definition) is 2. The van der Waals surface area contributed by atoms with E-state index in [1.165, 1.54) is 5.56 Å². The van der Waals surface area contributed by atoms with E-state index in [9.17, 15) is 0 Å². The number of pyridine rings is 2. The maximum Gasteiger partial charge on any atom is 0.0476 e. The largest absolute Gasteiger partial charge is 0.261 e. The Labute approximate surface area is 96.4 Å². The second-order valence-electron chi connectivity index (χ2n) is 3.91. The maximum atomic E-state index is 4.42. The molecule has 0 aromatic carbocycles. The first-order chi connectivity index (χ1) is 7.81. The second-order valence-corrected chi connectivity index (χ2v) is 3.91. The van der Waals surface area contributed by atoms with E-state index in [4.69, 9.17) is 0 Å². The van der Waals surface area contributed by atoms with Gasteiger partial charge in [0, 0.05) is 29.7 Å². The topological polar surface area (TPSA) is 25.8 Å². The summed E-state index contributed by atoms with van der Waals surface area (Å²) in [4.78, 5) is 8.79. The molecule has 0 N–H and O–H groups in total. The van der Waals surface area contributed by atoms with Crippen molar-refractivity contribution in [1.29, 1.82) is 0 Å². The van der Waals surface area contributed by atoms with E-state index in [1.807, 2.05) is 24.5 Å². The molecule has 0 aliphatic rings. The van der Waals surface area contributed by atoms with Gasteiger partial charge in [0.25, 0.3) is 0 Å². The minimum absolute atomic E-state index is 0.305. The van der Waals surface area contributed by atoms with Gasteiger partial charge in [-0.15, -0.1) is 0 Å². The summed E-state index contributed by atoms with van der Waals surface area (Å²) in [6.07, 6.45) is 4.77. The van der Waals surface area contributed by atoms with Crippen molar-refractivity contribution in [3.8, 4) is 0 Å². The number of rotatable bonds is 3. The third kappa shape index (κ3) is 2.27. The molecule has 0 fully saturated rings. The Kier molecular flexibility index (Phi) is 3.30. The molecule has 2 heterocycles. The van der Waals surface area contributed by atoms with E-state index >= 15 is 0 Å². The Bertz CT molecular complexity index is 434. The first kappa shape index (κ1) is 10.8. The molecule has 0 bridgehead atoms. The lowest BCUT2D eigenvalue weighted by Crippen LogP contribution is -1.99. The Morgan fingerprint density at radius 1 is 1.12 bits per heavy atom. The van der Waals surface area contributed by atoms with Crippen molar-refractivity contribution in [1.82, 2.24) is 9.97 Å². The molecule has 0 saturated heterocycles. The molecule has 82 valence electrons. The quantitative estimate of drug-likeness (QED) is 0.780. The number of nitrogens with zero attached hydrogens (tertiary/aromatic N) is 2. The monoisotopic (exact) mass is 212 g/mol. The summed E-state index contributed by atoms with van der Waals surface area (Å²) in [5.41, 5.74) is 3.45. The average molecular weight is 212 g/mol. The van der Waals surface area contributed by atoms with Gasteiger partial charge in [0.2, 0.25) is 0 Å². The smallest absolute Gasteiger partial charge is 0.0476 e. The van der Waals surface area contributed by atoms with Gasteiger partial charge in [0.05, 0.1) is 0 Å². The van der Waals surface area contributed by atoms with Crippen LogP contribution in [0.4, 0.5) is 0 Å². The highest BCUT2D eigenvalue weighted by Gasteiger charge is 2.09. The van der Waals surface area contributed by atoms with Crippen molar-refractivity contribution in [3.05, 3.63) is 59.7 Å². The average Bonchev–Trinajstić information content (AvgIpc) is 2.39. The minimum Gasteiger partial charge on any atom is -0.261 e. The molecule has 0 aliphatic carbocycles. The molecule has 2 nitrogen and oxygen atoms in total. The Morgan fingerprint density at radius 3 is 2.56 bits per heavy atom. The van der Waals surface area contributed by atoms with Crippen LogP contribution in [0.1, 0.15) is 36.7 Å². The van der Waals surface area contributed by atoms with E-state index in [0.29, 0.717) is 5.92 Å². The van der Waals surface area contributed by atoms with E-state index in [1.54, 1.807) is 0 Å². The molecule has 0 radical (unpaired) electrons. The third-order valence-electron chi connectivity index (χ3n) is 2.84. The van der Waals surface area contributed by atoms with E-state index < -0.39 is 0 Å². The van der Waals surface area contributed by atoms with Crippen molar-refractivity contribution < 1.29 is 0 Å². The Morgan fingerprint density at radius 2 is 2.00 bits per heavy atom. The highest BCUT2D eigenvalue weighted by atomic mass is 14.7. The lowest BCUT2D eigenvalue weighted by molar-refractivity contribution is 0.857. The van der Waals surface area contributed by atoms with Gasteiger partial charge >= 0.3 is 0 Å². The van der Waals surface area contributed by atoms with Crippen LogP contribution in [0.5, 0.6) is 0 Å². The van der Waals surface area contributed by atoms with E-state index in [-0.39, 0.29) is 0 Å². The van der Waals surface area contributed by atoms with Crippen LogP contribution in [-0.4, -0.2) is 9.97 Å². The lowest BCUT2D eigenvalue weighted by Gasteiger charge is -2.10.